The van der Waals surface area contributed by atoms with Gasteiger partial charge in [0.05, 0.1) is 12.7 Å². The van der Waals surface area contributed by atoms with Crippen molar-refractivity contribution in [3.8, 4) is 5.75 Å². The Hall–Kier alpha value is -2.57. The maximum Gasteiger partial charge on any atom is 0.319 e. The predicted molar refractivity (Wildman–Crippen MR) is 106 cm³/mol. The molecule has 0 saturated heterocycles. The van der Waals surface area contributed by atoms with Crippen molar-refractivity contribution in [2.45, 2.75) is 26.0 Å². The van der Waals surface area contributed by atoms with E-state index < -0.39 is 6.10 Å². The van der Waals surface area contributed by atoms with Crippen molar-refractivity contribution in [1.82, 2.24) is 10.2 Å². The molecule has 2 amide bonds. The summed E-state index contributed by atoms with van der Waals surface area (Å²) < 4.78 is 5.42. The number of rotatable bonds is 7. The van der Waals surface area contributed by atoms with E-state index in [9.17, 15) is 9.90 Å². The fourth-order valence-corrected chi connectivity index (χ4v) is 3.29. The number of anilines is 1. The lowest BCUT2D eigenvalue weighted by Crippen LogP contribution is -2.42. The number of carbonyl (C=O) groups is 1. The minimum Gasteiger partial charge on any atom is -0.494 e. The average Bonchev–Trinajstić information content (AvgIpc) is 2.67. The second-order valence-electron chi connectivity index (χ2n) is 6.70. The maximum atomic E-state index is 12.1. The molecule has 144 valence electrons. The van der Waals surface area contributed by atoms with Crippen LogP contribution < -0.4 is 15.4 Å². The average molecular weight is 369 g/mol. The highest BCUT2D eigenvalue weighted by Gasteiger charge is 2.18. The molecule has 0 aliphatic carbocycles. The lowest BCUT2D eigenvalue weighted by atomic mass is 10.00. The molecule has 2 aromatic carbocycles. The molecule has 1 aliphatic heterocycles. The van der Waals surface area contributed by atoms with Gasteiger partial charge < -0.3 is 20.5 Å². The van der Waals surface area contributed by atoms with E-state index in [2.05, 4.69) is 33.7 Å². The van der Waals surface area contributed by atoms with Crippen LogP contribution in [0.2, 0.25) is 0 Å². The fourth-order valence-electron chi connectivity index (χ4n) is 3.29. The van der Waals surface area contributed by atoms with E-state index in [0.717, 1.165) is 19.5 Å². The molecule has 27 heavy (non-hydrogen) atoms. The van der Waals surface area contributed by atoms with Gasteiger partial charge in [-0.2, -0.15) is 0 Å². The number of aliphatic hydroxyl groups is 1. The first-order valence-corrected chi connectivity index (χ1v) is 9.39. The molecule has 0 fully saturated rings. The van der Waals surface area contributed by atoms with Crippen molar-refractivity contribution < 1.29 is 14.6 Å². The van der Waals surface area contributed by atoms with E-state index in [-0.39, 0.29) is 12.6 Å². The lowest BCUT2D eigenvalue weighted by molar-refractivity contribution is 0.106. The number of hydrogen-bond donors (Lipinski definition) is 3. The normalized spacial score (nSPS) is 14.9. The van der Waals surface area contributed by atoms with Crippen molar-refractivity contribution in [2.24, 2.45) is 0 Å². The molecule has 6 heteroatoms. The smallest absolute Gasteiger partial charge is 0.319 e. The van der Waals surface area contributed by atoms with Gasteiger partial charge in [-0.25, -0.2) is 4.79 Å². The molecular weight excluding hydrogens is 342 g/mol. The largest absolute Gasteiger partial charge is 0.494 e. The minimum atomic E-state index is -0.615. The number of β-amino-alcohol motifs (C(OH)–C–C–N with tert-alkyl or cyclic N) is 1. The van der Waals surface area contributed by atoms with E-state index in [4.69, 9.17) is 4.74 Å². The highest BCUT2D eigenvalue weighted by molar-refractivity contribution is 5.89. The number of nitrogens with zero attached hydrogens (tertiary/aromatic N) is 1. The predicted octanol–water partition coefficient (Wildman–Crippen LogP) is 2.63. The lowest BCUT2D eigenvalue weighted by Gasteiger charge is -2.30. The summed E-state index contributed by atoms with van der Waals surface area (Å²) in [6, 6.07) is 15.3. The molecular formula is C21H27N3O3. The van der Waals surface area contributed by atoms with Gasteiger partial charge in [-0.15, -0.1) is 0 Å². The second kappa shape index (κ2) is 9.39. The molecule has 3 N–H and O–H groups in total. The molecule has 1 unspecified atom stereocenters. The summed E-state index contributed by atoms with van der Waals surface area (Å²) in [7, 11) is 0. The highest BCUT2D eigenvalue weighted by Crippen LogP contribution is 2.19. The van der Waals surface area contributed by atoms with E-state index in [1.165, 1.54) is 11.1 Å². The highest BCUT2D eigenvalue weighted by atomic mass is 16.5. The van der Waals surface area contributed by atoms with Gasteiger partial charge in [-0.05, 0) is 36.6 Å². The molecule has 1 heterocycles. The van der Waals surface area contributed by atoms with Crippen molar-refractivity contribution in [2.75, 3.05) is 31.6 Å². The fraction of sp³-hybridized carbons (Fsp3) is 0.381. The number of aliphatic hydroxyl groups excluding tert-OH is 1. The third-order valence-corrected chi connectivity index (χ3v) is 4.58. The van der Waals surface area contributed by atoms with E-state index in [1.54, 1.807) is 12.1 Å². The van der Waals surface area contributed by atoms with E-state index >= 15 is 0 Å². The van der Waals surface area contributed by atoms with Crippen molar-refractivity contribution in [3.63, 3.8) is 0 Å². The Morgan fingerprint density at radius 3 is 2.85 bits per heavy atom. The monoisotopic (exact) mass is 369 g/mol. The Bertz CT molecular complexity index is 766. The Morgan fingerprint density at radius 2 is 2.04 bits per heavy atom. The van der Waals surface area contributed by atoms with Crippen LogP contribution in [-0.4, -0.2) is 48.4 Å². The number of nitrogens with one attached hydrogen (secondary N) is 2. The van der Waals surface area contributed by atoms with Gasteiger partial charge in [0.2, 0.25) is 0 Å². The number of fused-ring (bicyclic) bond motifs is 1. The van der Waals surface area contributed by atoms with Crippen molar-refractivity contribution >= 4 is 11.7 Å². The number of carbonyl (C=O) groups excluding carboxylic acids is 1. The van der Waals surface area contributed by atoms with Crippen molar-refractivity contribution in [1.29, 1.82) is 0 Å². The summed E-state index contributed by atoms with van der Waals surface area (Å²) in [4.78, 5) is 14.3. The first-order chi connectivity index (χ1) is 13.1. The van der Waals surface area contributed by atoms with E-state index in [1.807, 2.05) is 25.1 Å². The quantitative estimate of drug-likeness (QED) is 0.701. The van der Waals surface area contributed by atoms with Crippen LogP contribution in [0, 0.1) is 0 Å². The summed E-state index contributed by atoms with van der Waals surface area (Å²) in [5.41, 5.74) is 3.35. The first kappa shape index (κ1) is 19.2. The number of urea groups is 1. The standard InChI is InChI=1S/C21H27N3O3/c1-2-27-20-9-5-8-18(12-20)23-21(26)22-13-19(25)15-24-11-10-16-6-3-4-7-17(16)14-24/h3-9,12,19,25H,2,10-11,13-15H2,1H3,(H2,22,23,26). The van der Waals surface area contributed by atoms with E-state index in [0.29, 0.717) is 24.6 Å². The van der Waals surface area contributed by atoms with Gasteiger partial charge in [0, 0.05) is 37.9 Å². The van der Waals surface area contributed by atoms with Crippen LogP contribution in [0.15, 0.2) is 48.5 Å². The summed E-state index contributed by atoms with van der Waals surface area (Å²) >= 11 is 0. The summed E-state index contributed by atoms with van der Waals surface area (Å²) in [5, 5.41) is 15.8. The topological polar surface area (TPSA) is 73.8 Å². The molecule has 3 rings (SSSR count). The second-order valence-corrected chi connectivity index (χ2v) is 6.70. The summed E-state index contributed by atoms with van der Waals surface area (Å²) in [5.74, 6) is 0.709. The summed E-state index contributed by atoms with van der Waals surface area (Å²) in [6.45, 7) is 4.98. The molecule has 0 bridgehead atoms. The van der Waals surface area contributed by atoms with Gasteiger partial charge in [-0.3, -0.25) is 4.90 Å². The third kappa shape index (κ3) is 5.70. The SMILES string of the molecule is CCOc1cccc(NC(=O)NCC(O)CN2CCc3ccccc3C2)c1. The van der Waals surface area contributed by atoms with Gasteiger partial charge in [0.25, 0.3) is 0 Å². The van der Waals surface area contributed by atoms with Crippen LogP contribution in [-0.2, 0) is 13.0 Å². The number of ether oxygens (including phenoxy) is 1. The zero-order valence-electron chi connectivity index (χ0n) is 15.6. The van der Waals surface area contributed by atoms with Crippen molar-refractivity contribution in [3.05, 3.63) is 59.7 Å². The number of amides is 2. The molecule has 0 spiro atoms. The Kier molecular flexibility index (Phi) is 6.68. The number of benzene rings is 2. The number of hydrogen-bond acceptors (Lipinski definition) is 4. The molecule has 0 aromatic heterocycles. The Labute approximate surface area is 160 Å². The minimum absolute atomic E-state index is 0.204. The first-order valence-electron chi connectivity index (χ1n) is 9.39. The molecule has 1 atom stereocenters. The maximum absolute atomic E-state index is 12.1. The zero-order valence-corrected chi connectivity index (χ0v) is 15.6. The van der Waals surface area contributed by atoms with Gasteiger partial charge in [0.15, 0.2) is 0 Å². The van der Waals surface area contributed by atoms with Crippen LogP contribution in [0.4, 0.5) is 10.5 Å². The van der Waals surface area contributed by atoms with Gasteiger partial charge in [-0.1, -0.05) is 30.3 Å². The molecule has 0 saturated carbocycles. The molecule has 1 aliphatic rings. The Balaban J connectivity index is 1.42. The van der Waals surface area contributed by atoms with Crippen LogP contribution in [0.25, 0.3) is 0 Å². The van der Waals surface area contributed by atoms with Crippen LogP contribution in [0.3, 0.4) is 0 Å². The molecule has 6 nitrogen and oxygen atoms in total. The van der Waals surface area contributed by atoms with Crippen LogP contribution in [0.5, 0.6) is 5.75 Å². The molecule has 2 aromatic rings. The molecule has 0 radical (unpaired) electrons. The van der Waals surface area contributed by atoms with Gasteiger partial charge in [0.1, 0.15) is 5.75 Å². The summed E-state index contributed by atoms with van der Waals surface area (Å²) in [6.07, 6.45) is 0.378. The zero-order chi connectivity index (χ0) is 19.1. The van der Waals surface area contributed by atoms with Crippen LogP contribution in [0.1, 0.15) is 18.1 Å². The van der Waals surface area contributed by atoms with Crippen LogP contribution >= 0.6 is 0 Å². The Morgan fingerprint density at radius 1 is 1.22 bits per heavy atom. The third-order valence-electron chi connectivity index (χ3n) is 4.58. The van der Waals surface area contributed by atoms with Gasteiger partial charge >= 0.3 is 6.03 Å².